The van der Waals surface area contributed by atoms with Gasteiger partial charge in [0.15, 0.2) is 5.78 Å². The van der Waals surface area contributed by atoms with Crippen LogP contribution in [0.25, 0.3) is 11.1 Å². The predicted molar refractivity (Wildman–Crippen MR) is 139 cm³/mol. The lowest BCUT2D eigenvalue weighted by atomic mass is 9.73. The number of benzene rings is 2. The Hall–Kier alpha value is -3.08. The number of Topliss-reactive ketones (excluding diaryl/α,β-unsaturated/α-hetero) is 1. The Labute approximate surface area is 217 Å². The van der Waals surface area contributed by atoms with Crippen molar-refractivity contribution in [3.63, 3.8) is 0 Å². The summed E-state index contributed by atoms with van der Waals surface area (Å²) in [6, 6.07) is 13.5. The third-order valence-corrected chi connectivity index (χ3v) is 9.25. The zero-order valence-corrected chi connectivity index (χ0v) is 21.2. The molecule has 2 N–H and O–H groups in total. The largest absolute Gasteiger partial charge is 0.325 e. The van der Waals surface area contributed by atoms with Crippen LogP contribution in [0.5, 0.6) is 0 Å². The molecule has 192 valence electrons. The van der Waals surface area contributed by atoms with E-state index in [1.807, 2.05) is 24.3 Å². The van der Waals surface area contributed by atoms with E-state index in [0.717, 1.165) is 67.6 Å². The van der Waals surface area contributed by atoms with E-state index in [2.05, 4.69) is 28.7 Å². The van der Waals surface area contributed by atoms with Gasteiger partial charge in [-0.25, -0.2) is 4.39 Å². The molecule has 0 radical (unpaired) electrons. The highest BCUT2D eigenvalue weighted by Crippen LogP contribution is 2.46. The van der Waals surface area contributed by atoms with Crippen LogP contribution >= 0.6 is 0 Å². The van der Waals surface area contributed by atoms with Crippen LogP contribution in [0.2, 0.25) is 0 Å². The SMILES string of the molecule is CN1CCC2(CC1)C(=O)Nc1ccc(-c3ccc(C[C@@H](C#N)CC(=O)[C@H]4N[C@@H]5CC[C@H]4C5)c(F)c3)cc12. The first-order valence-electron chi connectivity index (χ1n) is 13.5. The topological polar surface area (TPSA) is 85.2 Å². The Bertz CT molecular complexity index is 1290. The van der Waals surface area contributed by atoms with E-state index in [-0.39, 0.29) is 36.4 Å². The van der Waals surface area contributed by atoms with Crippen LogP contribution < -0.4 is 10.6 Å². The number of nitrogens with zero attached hydrogens (tertiary/aromatic N) is 2. The fourth-order valence-electron chi connectivity index (χ4n) is 7.00. The Kier molecular flexibility index (Phi) is 6.13. The average molecular weight is 501 g/mol. The maximum absolute atomic E-state index is 15.2. The summed E-state index contributed by atoms with van der Waals surface area (Å²) >= 11 is 0. The molecule has 37 heavy (non-hydrogen) atoms. The molecule has 2 bridgehead atoms. The lowest BCUT2D eigenvalue weighted by Crippen LogP contribution is -2.45. The molecule has 2 aromatic rings. The van der Waals surface area contributed by atoms with Gasteiger partial charge in [-0.2, -0.15) is 5.26 Å². The smallest absolute Gasteiger partial charge is 0.235 e. The summed E-state index contributed by atoms with van der Waals surface area (Å²) in [5.74, 6) is -0.381. The second-order valence-corrected chi connectivity index (χ2v) is 11.5. The maximum atomic E-state index is 15.2. The molecule has 3 heterocycles. The fraction of sp³-hybridized carbons (Fsp3) is 0.500. The van der Waals surface area contributed by atoms with Gasteiger partial charge in [0.05, 0.1) is 23.4 Å². The van der Waals surface area contributed by atoms with Gasteiger partial charge in [-0.1, -0.05) is 18.2 Å². The van der Waals surface area contributed by atoms with Crippen molar-refractivity contribution in [3.05, 3.63) is 53.3 Å². The average Bonchev–Trinajstić information content (AvgIpc) is 3.60. The molecule has 1 spiro atoms. The summed E-state index contributed by atoms with van der Waals surface area (Å²) in [5, 5.41) is 16.2. The quantitative estimate of drug-likeness (QED) is 0.621. The third-order valence-electron chi connectivity index (χ3n) is 9.25. The maximum Gasteiger partial charge on any atom is 0.235 e. The number of carbonyl (C=O) groups excluding carboxylic acids is 2. The molecule has 0 aromatic heterocycles. The highest BCUT2D eigenvalue weighted by atomic mass is 19.1. The lowest BCUT2D eigenvalue weighted by molar-refractivity contribution is -0.123. The van der Waals surface area contributed by atoms with E-state index in [1.165, 1.54) is 6.07 Å². The van der Waals surface area contributed by atoms with Gasteiger partial charge in [-0.3, -0.25) is 9.59 Å². The van der Waals surface area contributed by atoms with Crippen molar-refractivity contribution in [2.45, 2.75) is 62.4 Å². The molecule has 1 amide bonds. The summed E-state index contributed by atoms with van der Waals surface area (Å²) in [5.41, 5.74) is 3.40. The zero-order valence-electron chi connectivity index (χ0n) is 21.2. The third kappa shape index (κ3) is 4.26. The van der Waals surface area contributed by atoms with Crippen molar-refractivity contribution in [3.8, 4) is 17.2 Å². The Morgan fingerprint density at radius 1 is 1.19 bits per heavy atom. The highest BCUT2D eigenvalue weighted by molar-refractivity contribution is 6.06. The molecule has 1 aliphatic carbocycles. The number of likely N-dealkylation sites (tertiary alicyclic amines) is 1. The number of hydrogen-bond donors (Lipinski definition) is 2. The first-order valence-corrected chi connectivity index (χ1v) is 13.5. The number of piperidine rings is 2. The molecular weight excluding hydrogens is 467 g/mol. The number of nitriles is 1. The number of anilines is 1. The first kappa shape index (κ1) is 24.3. The van der Waals surface area contributed by atoms with Gasteiger partial charge in [-0.15, -0.1) is 0 Å². The van der Waals surface area contributed by atoms with E-state index in [1.54, 1.807) is 6.07 Å². The fourth-order valence-corrected chi connectivity index (χ4v) is 7.00. The Morgan fingerprint density at radius 2 is 1.95 bits per heavy atom. The standard InChI is InChI=1S/C30H33FN4O2/c1-35-10-8-30(9-11-35)24-15-19(5-7-26(24)34-29(30)37)20-2-3-21(25(31)16-20)12-18(17-32)13-27(36)28-22-4-6-23(14-22)33-28/h2-3,5,7,15-16,18,22-23,28,33H,4,6,8-14H2,1H3,(H,34,37)/t18-,22+,23-,28+/m1/s1. The van der Waals surface area contributed by atoms with E-state index >= 15 is 4.39 Å². The summed E-state index contributed by atoms with van der Waals surface area (Å²) in [7, 11) is 2.07. The van der Waals surface area contributed by atoms with E-state index in [0.29, 0.717) is 17.5 Å². The molecule has 2 saturated heterocycles. The van der Waals surface area contributed by atoms with Crippen LogP contribution in [-0.4, -0.2) is 48.8 Å². The molecule has 6 rings (SSSR count). The monoisotopic (exact) mass is 500 g/mol. The molecule has 6 nitrogen and oxygen atoms in total. The van der Waals surface area contributed by atoms with Crippen LogP contribution in [-0.2, 0) is 21.4 Å². The van der Waals surface area contributed by atoms with Crippen LogP contribution in [0, 0.1) is 29.0 Å². The number of nitrogens with one attached hydrogen (secondary N) is 2. The summed E-state index contributed by atoms with van der Waals surface area (Å²) < 4.78 is 15.2. The van der Waals surface area contributed by atoms with Crippen molar-refractivity contribution in [2.24, 2.45) is 11.8 Å². The van der Waals surface area contributed by atoms with Gasteiger partial charge < -0.3 is 15.5 Å². The van der Waals surface area contributed by atoms with Crippen LogP contribution in [0.15, 0.2) is 36.4 Å². The van der Waals surface area contributed by atoms with Gasteiger partial charge in [-0.05, 0) is 105 Å². The molecule has 3 fully saturated rings. The molecule has 1 saturated carbocycles. The van der Waals surface area contributed by atoms with Crippen molar-refractivity contribution in [1.29, 1.82) is 5.26 Å². The summed E-state index contributed by atoms with van der Waals surface area (Å²) in [6.07, 6.45) is 5.16. The molecule has 3 aliphatic heterocycles. The van der Waals surface area contributed by atoms with Crippen molar-refractivity contribution in [2.75, 3.05) is 25.5 Å². The summed E-state index contributed by atoms with van der Waals surface area (Å²) in [4.78, 5) is 28.0. The number of ketones is 1. The van der Waals surface area contributed by atoms with Crippen molar-refractivity contribution in [1.82, 2.24) is 10.2 Å². The van der Waals surface area contributed by atoms with E-state index in [4.69, 9.17) is 0 Å². The first-order chi connectivity index (χ1) is 17.9. The highest BCUT2D eigenvalue weighted by Gasteiger charge is 2.48. The molecule has 7 heteroatoms. The number of amides is 1. The van der Waals surface area contributed by atoms with Gasteiger partial charge in [0.1, 0.15) is 5.82 Å². The normalized spacial score (nSPS) is 26.6. The second kappa shape index (κ2) is 9.34. The predicted octanol–water partition coefficient (Wildman–Crippen LogP) is 4.19. The number of fused-ring (bicyclic) bond motifs is 4. The second-order valence-electron chi connectivity index (χ2n) is 11.5. The van der Waals surface area contributed by atoms with Crippen LogP contribution in [0.4, 0.5) is 10.1 Å². The van der Waals surface area contributed by atoms with Gasteiger partial charge in [0.2, 0.25) is 5.91 Å². The van der Waals surface area contributed by atoms with Crippen LogP contribution in [0.1, 0.15) is 49.7 Å². The lowest BCUT2D eigenvalue weighted by Gasteiger charge is -2.36. The van der Waals surface area contributed by atoms with Gasteiger partial charge in [0.25, 0.3) is 0 Å². The van der Waals surface area contributed by atoms with Crippen molar-refractivity contribution >= 4 is 17.4 Å². The molecule has 0 unspecified atom stereocenters. The van der Waals surface area contributed by atoms with Gasteiger partial charge >= 0.3 is 0 Å². The molecule has 4 aliphatic rings. The van der Waals surface area contributed by atoms with Gasteiger partial charge in [0, 0.05) is 18.2 Å². The number of carbonyl (C=O) groups is 2. The zero-order chi connectivity index (χ0) is 25.7. The summed E-state index contributed by atoms with van der Waals surface area (Å²) in [6.45, 7) is 1.72. The number of rotatable bonds is 6. The van der Waals surface area contributed by atoms with E-state index < -0.39 is 11.3 Å². The van der Waals surface area contributed by atoms with Crippen molar-refractivity contribution < 1.29 is 14.0 Å². The molecule has 4 atom stereocenters. The Morgan fingerprint density at radius 3 is 2.62 bits per heavy atom. The number of hydrogen-bond acceptors (Lipinski definition) is 5. The van der Waals surface area contributed by atoms with Crippen LogP contribution in [0.3, 0.4) is 0 Å². The number of halogens is 1. The molecule has 2 aromatic carbocycles. The minimum atomic E-state index is -0.546. The molecular formula is C30H33FN4O2. The van der Waals surface area contributed by atoms with E-state index in [9.17, 15) is 14.9 Å². The minimum absolute atomic E-state index is 0.0620. The Balaban J connectivity index is 1.18. The minimum Gasteiger partial charge on any atom is -0.325 e.